The second-order valence-corrected chi connectivity index (χ2v) is 9.42. The molecule has 0 radical (unpaired) electrons. The topological polar surface area (TPSA) is 64.7 Å². The Hall–Kier alpha value is -3.48. The molecule has 2 amide bonds. The van der Waals surface area contributed by atoms with Gasteiger partial charge in [-0.25, -0.2) is 0 Å². The normalized spacial score (nSPS) is 14.4. The molecule has 1 heterocycles. The van der Waals surface area contributed by atoms with E-state index in [9.17, 15) is 9.59 Å². The summed E-state index contributed by atoms with van der Waals surface area (Å²) in [5, 5.41) is 5.95. The van der Waals surface area contributed by atoms with Crippen molar-refractivity contribution in [1.82, 2.24) is 15.1 Å². The van der Waals surface area contributed by atoms with Crippen molar-refractivity contribution in [2.75, 3.05) is 44.6 Å². The number of anilines is 1. The van der Waals surface area contributed by atoms with Gasteiger partial charge >= 0.3 is 0 Å². The highest BCUT2D eigenvalue weighted by Gasteiger charge is 2.16. The Labute approximate surface area is 214 Å². The van der Waals surface area contributed by atoms with Crippen molar-refractivity contribution >= 4 is 17.5 Å². The summed E-state index contributed by atoms with van der Waals surface area (Å²) in [5.41, 5.74) is 4.09. The summed E-state index contributed by atoms with van der Waals surface area (Å²) in [7, 11) is 0. The average molecular weight is 485 g/mol. The highest BCUT2D eigenvalue weighted by Crippen LogP contribution is 2.18. The molecule has 4 rings (SSSR count). The SMILES string of the molecule is Cc1ccc(C(=O)NCCCCN2CCN(Cc3ccccc3)CC2)cc1NC(=O)c1ccccc1. The maximum atomic E-state index is 12.7. The molecule has 0 aliphatic carbocycles. The summed E-state index contributed by atoms with van der Waals surface area (Å²) in [6, 6.07) is 25.2. The molecule has 1 aliphatic rings. The minimum absolute atomic E-state index is 0.111. The molecule has 0 atom stereocenters. The van der Waals surface area contributed by atoms with Gasteiger partial charge in [-0.1, -0.05) is 54.6 Å². The van der Waals surface area contributed by atoms with E-state index in [1.807, 2.05) is 31.2 Å². The number of benzene rings is 3. The molecule has 2 N–H and O–H groups in total. The predicted octanol–water partition coefficient (Wildman–Crippen LogP) is 4.58. The Balaban J connectivity index is 1.15. The molecule has 1 fully saturated rings. The highest BCUT2D eigenvalue weighted by molar-refractivity contribution is 6.05. The van der Waals surface area contributed by atoms with E-state index in [4.69, 9.17) is 0 Å². The Morgan fingerprint density at radius 1 is 0.750 bits per heavy atom. The van der Waals surface area contributed by atoms with Crippen molar-refractivity contribution in [3.05, 3.63) is 101 Å². The van der Waals surface area contributed by atoms with Gasteiger partial charge in [-0.3, -0.25) is 14.5 Å². The van der Waals surface area contributed by atoms with Gasteiger partial charge in [0.25, 0.3) is 11.8 Å². The lowest BCUT2D eigenvalue weighted by Crippen LogP contribution is -2.46. The molecule has 1 aliphatic heterocycles. The van der Waals surface area contributed by atoms with Gasteiger partial charge in [-0.05, 0) is 61.7 Å². The monoisotopic (exact) mass is 484 g/mol. The summed E-state index contributed by atoms with van der Waals surface area (Å²) in [5.74, 6) is -0.295. The van der Waals surface area contributed by atoms with Gasteiger partial charge in [-0.2, -0.15) is 0 Å². The van der Waals surface area contributed by atoms with Crippen LogP contribution in [0.2, 0.25) is 0 Å². The molecule has 0 saturated carbocycles. The summed E-state index contributed by atoms with van der Waals surface area (Å²) in [6.07, 6.45) is 2.00. The number of piperazine rings is 1. The van der Waals surface area contributed by atoms with E-state index in [0.29, 0.717) is 23.4 Å². The molecule has 3 aromatic rings. The fraction of sp³-hybridized carbons (Fsp3) is 0.333. The first kappa shape index (κ1) is 25.6. The number of nitrogens with one attached hydrogen (secondary N) is 2. The average Bonchev–Trinajstić information content (AvgIpc) is 2.91. The third-order valence-corrected chi connectivity index (χ3v) is 6.68. The maximum Gasteiger partial charge on any atom is 0.255 e. The van der Waals surface area contributed by atoms with E-state index in [2.05, 4.69) is 50.8 Å². The molecule has 36 heavy (non-hydrogen) atoms. The molecule has 0 unspecified atom stereocenters. The third kappa shape index (κ3) is 7.51. The summed E-state index contributed by atoms with van der Waals surface area (Å²) >= 11 is 0. The Morgan fingerprint density at radius 2 is 1.42 bits per heavy atom. The maximum absolute atomic E-state index is 12.7. The minimum Gasteiger partial charge on any atom is -0.352 e. The number of amides is 2. The number of hydrogen-bond acceptors (Lipinski definition) is 4. The van der Waals surface area contributed by atoms with E-state index in [1.165, 1.54) is 5.56 Å². The lowest BCUT2D eigenvalue weighted by Gasteiger charge is -2.34. The highest BCUT2D eigenvalue weighted by atomic mass is 16.2. The number of hydrogen-bond donors (Lipinski definition) is 2. The predicted molar refractivity (Wildman–Crippen MR) is 145 cm³/mol. The van der Waals surface area contributed by atoms with Crippen molar-refractivity contribution in [3.63, 3.8) is 0 Å². The second-order valence-electron chi connectivity index (χ2n) is 9.42. The minimum atomic E-state index is -0.183. The van der Waals surface area contributed by atoms with E-state index in [-0.39, 0.29) is 11.8 Å². The number of carbonyl (C=O) groups is 2. The molecular weight excluding hydrogens is 448 g/mol. The van der Waals surface area contributed by atoms with E-state index in [1.54, 1.807) is 24.3 Å². The molecule has 188 valence electrons. The van der Waals surface area contributed by atoms with Crippen molar-refractivity contribution < 1.29 is 9.59 Å². The Kier molecular flexibility index (Phi) is 9.25. The van der Waals surface area contributed by atoms with Crippen LogP contribution in [0.4, 0.5) is 5.69 Å². The number of carbonyl (C=O) groups excluding carboxylic acids is 2. The first-order valence-electron chi connectivity index (χ1n) is 12.8. The van der Waals surface area contributed by atoms with Crippen LogP contribution >= 0.6 is 0 Å². The Bertz CT molecular complexity index is 1130. The van der Waals surface area contributed by atoms with Crippen LogP contribution in [0.3, 0.4) is 0 Å². The Morgan fingerprint density at radius 3 is 2.14 bits per heavy atom. The smallest absolute Gasteiger partial charge is 0.255 e. The lowest BCUT2D eigenvalue weighted by molar-refractivity contribution is 0.0949. The zero-order valence-corrected chi connectivity index (χ0v) is 21.1. The second kappa shape index (κ2) is 13.0. The van der Waals surface area contributed by atoms with Crippen LogP contribution in [0, 0.1) is 6.92 Å². The summed E-state index contributed by atoms with van der Waals surface area (Å²) in [6.45, 7) is 9.05. The molecule has 0 bridgehead atoms. The molecule has 6 nitrogen and oxygen atoms in total. The van der Waals surface area contributed by atoms with Crippen molar-refractivity contribution in [2.24, 2.45) is 0 Å². The number of rotatable bonds is 10. The van der Waals surface area contributed by atoms with Gasteiger partial charge in [0.2, 0.25) is 0 Å². The largest absolute Gasteiger partial charge is 0.352 e. The van der Waals surface area contributed by atoms with Crippen LogP contribution in [-0.4, -0.2) is 60.9 Å². The van der Waals surface area contributed by atoms with Crippen LogP contribution in [0.5, 0.6) is 0 Å². The van der Waals surface area contributed by atoms with Crippen molar-refractivity contribution in [2.45, 2.75) is 26.3 Å². The zero-order valence-electron chi connectivity index (χ0n) is 21.1. The van der Waals surface area contributed by atoms with Gasteiger partial charge in [-0.15, -0.1) is 0 Å². The first-order valence-corrected chi connectivity index (χ1v) is 12.8. The fourth-order valence-corrected chi connectivity index (χ4v) is 4.46. The quantitative estimate of drug-likeness (QED) is 0.414. The number of aryl methyl sites for hydroxylation is 1. The van der Waals surface area contributed by atoms with Gasteiger partial charge in [0, 0.05) is 56.1 Å². The van der Waals surface area contributed by atoms with Crippen LogP contribution in [0.1, 0.15) is 44.7 Å². The van der Waals surface area contributed by atoms with Gasteiger partial charge < -0.3 is 15.5 Å². The van der Waals surface area contributed by atoms with Crippen molar-refractivity contribution in [3.8, 4) is 0 Å². The van der Waals surface area contributed by atoms with Crippen LogP contribution in [0.25, 0.3) is 0 Å². The van der Waals surface area contributed by atoms with E-state index >= 15 is 0 Å². The third-order valence-electron chi connectivity index (χ3n) is 6.68. The lowest BCUT2D eigenvalue weighted by atomic mass is 10.1. The van der Waals surface area contributed by atoms with Gasteiger partial charge in [0.05, 0.1) is 0 Å². The van der Waals surface area contributed by atoms with Crippen molar-refractivity contribution in [1.29, 1.82) is 0 Å². The standard InChI is InChI=1S/C30H36N4O2/c1-24-14-15-27(22-28(24)32-30(36)26-12-6-3-7-13-26)29(35)31-16-8-9-17-33-18-20-34(21-19-33)23-25-10-4-2-5-11-25/h2-7,10-15,22H,8-9,16-21,23H2,1H3,(H,31,35)(H,32,36). The molecule has 0 spiro atoms. The molecule has 1 saturated heterocycles. The number of unbranched alkanes of at least 4 members (excludes halogenated alkanes) is 1. The molecule has 6 heteroatoms. The summed E-state index contributed by atoms with van der Waals surface area (Å²) in [4.78, 5) is 30.2. The molecule has 3 aromatic carbocycles. The van der Waals surface area contributed by atoms with E-state index in [0.717, 1.165) is 57.7 Å². The van der Waals surface area contributed by atoms with E-state index < -0.39 is 0 Å². The fourth-order valence-electron chi connectivity index (χ4n) is 4.46. The first-order chi connectivity index (χ1) is 17.6. The van der Waals surface area contributed by atoms with Gasteiger partial charge in [0.1, 0.15) is 0 Å². The molecule has 0 aromatic heterocycles. The molecular formula is C30H36N4O2. The zero-order chi connectivity index (χ0) is 25.2. The van der Waals surface area contributed by atoms with Crippen LogP contribution < -0.4 is 10.6 Å². The number of nitrogens with zero attached hydrogens (tertiary/aromatic N) is 2. The van der Waals surface area contributed by atoms with Crippen LogP contribution in [0.15, 0.2) is 78.9 Å². The summed E-state index contributed by atoms with van der Waals surface area (Å²) < 4.78 is 0. The van der Waals surface area contributed by atoms with Crippen LogP contribution in [-0.2, 0) is 6.54 Å². The van der Waals surface area contributed by atoms with Gasteiger partial charge in [0.15, 0.2) is 0 Å².